The van der Waals surface area contributed by atoms with Crippen molar-refractivity contribution in [2.75, 3.05) is 12.3 Å². The van der Waals surface area contributed by atoms with E-state index in [2.05, 4.69) is 10.3 Å². The summed E-state index contributed by atoms with van der Waals surface area (Å²) in [5, 5.41) is 3.92. The topological polar surface area (TPSA) is 77.2 Å². The van der Waals surface area contributed by atoms with Gasteiger partial charge in [0.2, 0.25) is 0 Å². The summed E-state index contributed by atoms with van der Waals surface area (Å²) in [7, 11) is 0. The lowest BCUT2D eigenvalue weighted by Gasteiger charge is -2.35. The molecule has 112 valence electrons. The molecule has 0 saturated carbocycles. The Morgan fingerprint density at radius 2 is 2.38 bits per heavy atom. The van der Waals surface area contributed by atoms with Crippen LogP contribution in [0.5, 0.6) is 0 Å². The van der Waals surface area contributed by atoms with Crippen molar-refractivity contribution in [3.63, 3.8) is 0 Å². The smallest absolute Gasteiger partial charge is 0.263 e. The van der Waals surface area contributed by atoms with Crippen molar-refractivity contribution in [1.29, 1.82) is 0 Å². The molecule has 0 radical (unpaired) electrons. The number of nitrogen functional groups attached to an aromatic ring is 1. The first-order chi connectivity index (χ1) is 9.96. The van der Waals surface area contributed by atoms with E-state index >= 15 is 0 Å². The first-order valence-corrected chi connectivity index (χ1v) is 7.86. The van der Waals surface area contributed by atoms with Gasteiger partial charge in [-0.15, -0.1) is 11.3 Å². The monoisotopic (exact) mass is 305 g/mol. The fourth-order valence-electron chi connectivity index (χ4n) is 2.73. The Morgan fingerprint density at radius 1 is 1.57 bits per heavy atom. The molecule has 21 heavy (non-hydrogen) atoms. The number of thiophene rings is 1. The summed E-state index contributed by atoms with van der Waals surface area (Å²) in [6.07, 6.45) is 3.35. The number of carbonyl (C=O) groups is 1. The van der Waals surface area contributed by atoms with Gasteiger partial charge in [-0.3, -0.25) is 4.79 Å². The van der Waals surface area contributed by atoms with E-state index < -0.39 is 0 Å². The van der Waals surface area contributed by atoms with Crippen LogP contribution >= 0.6 is 11.3 Å². The second-order valence-corrected chi connectivity index (χ2v) is 6.97. The molecule has 3 N–H and O–H groups in total. The van der Waals surface area contributed by atoms with E-state index in [1.54, 1.807) is 6.20 Å². The van der Waals surface area contributed by atoms with Gasteiger partial charge in [-0.05, 0) is 38.8 Å². The van der Waals surface area contributed by atoms with Crippen molar-refractivity contribution in [1.82, 2.24) is 10.3 Å². The quantitative estimate of drug-likeness (QED) is 0.894. The highest BCUT2D eigenvalue weighted by Crippen LogP contribution is 2.32. The molecule has 6 heteroatoms. The fourth-order valence-corrected chi connectivity index (χ4v) is 3.69. The van der Waals surface area contributed by atoms with Crippen molar-refractivity contribution < 1.29 is 9.53 Å². The minimum absolute atomic E-state index is 0.113. The van der Waals surface area contributed by atoms with Crippen molar-refractivity contribution >= 4 is 33.1 Å². The summed E-state index contributed by atoms with van der Waals surface area (Å²) >= 11 is 1.34. The van der Waals surface area contributed by atoms with Crippen LogP contribution in [0.3, 0.4) is 0 Å². The number of ether oxygens (including phenoxy) is 1. The predicted molar refractivity (Wildman–Crippen MR) is 84.6 cm³/mol. The van der Waals surface area contributed by atoms with Crippen molar-refractivity contribution in [2.45, 2.75) is 38.3 Å². The summed E-state index contributed by atoms with van der Waals surface area (Å²) < 4.78 is 5.67. The van der Waals surface area contributed by atoms with Gasteiger partial charge >= 0.3 is 0 Å². The number of nitrogens with one attached hydrogen (secondary N) is 1. The second-order valence-electron chi connectivity index (χ2n) is 5.97. The number of amides is 1. The van der Waals surface area contributed by atoms with Crippen LogP contribution in [0.1, 0.15) is 36.4 Å². The molecule has 0 bridgehead atoms. The number of fused-ring (bicyclic) bond motifs is 1. The molecule has 5 nitrogen and oxygen atoms in total. The average molecular weight is 305 g/mol. The molecule has 1 saturated heterocycles. The van der Waals surface area contributed by atoms with Crippen LogP contribution in [0, 0.1) is 0 Å². The lowest BCUT2D eigenvalue weighted by molar-refractivity contribution is -0.0615. The van der Waals surface area contributed by atoms with E-state index in [1.165, 1.54) is 11.3 Å². The van der Waals surface area contributed by atoms with E-state index in [0.29, 0.717) is 17.2 Å². The van der Waals surface area contributed by atoms with Gasteiger partial charge in [-0.1, -0.05) is 0 Å². The van der Waals surface area contributed by atoms with Gasteiger partial charge in [0, 0.05) is 24.2 Å². The molecular formula is C15H19N3O2S. The van der Waals surface area contributed by atoms with Crippen molar-refractivity contribution in [2.24, 2.45) is 0 Å². The third kappa shape index (κ3) is 2.87. The Balaban J connectivity index is 1.79. The van der Waals surface area contributed by atoms with Gasteiger partial charge in [0.1, 0.15) is 9.71 Å². The maximum atomic E-state index is 12.5. The average Bonchev–Trinajstić information content (AvgIpc) is 2.76. The third-order valence-corrected chi connectivity index (χ3v) is 4.87. The molecule has 2 aromatic heterocycles. The number of pyridine rings is 1. The van der Waals surface area contributed by atoms with Gasteiger partial charge in [-0.2, -0.15) is 0 Å². The highest BCUT2D eigenvalue weighted by molar-refractivity contribution is 7.21. The molecular weight excluding hydrogens is 286 g/mol. The molecule has 1 amide bonds. The van der Waals surface area contributed by atoms with Gasteiger partial charge in [-0.25, -0.2) is 4.98 Å². The zero-order valence-electron chi connectivity index (χ0n) is 12.2. The maximum Gasteiger partial charge on any atom is 0.263 e. The summed E-state index contributed by atoms with van der Waals surface area (Å²) in [5.41, 5.74) is 6.41. The summed E-state index contributed by atoms with van der Waals surface area (Å²) in [5.74, 6) is -0.113. The summed E-state index contributed by atoms with van der Waals surface area (Å²) in [6.45, 7) is 4.76. The minimum atomic E-state index is -0.191. The highest BCUT2D eigenvalue weighted by Gasteiger charge is 2.30. The Labute approximate surface area is 127 Å². The molecule has 1 fully saturated rings. The lowest BCUT2D eigenvalue weighted by atomic mass is 9.94. The van der Waals surface area contributed by atoms with Crippen molar-refractivity contribution in [3.8, 4) is 0 Å². The number of rotatable bonds is 2. The minimum Gasteiger partial charge on any atom is -0.397 e. The molecule has 0 spiro atoms. The maximum absolute atomic E-state index is 12.5. The molecule has 1 aliphatic heterocycles. The van der Waals surface area contributed by atoms with E-state index in [4.69, 9.17) is 10.5 Å². The molecule has 3 heterocycles. The Kier molecular flexibility index (Phi) is 3.59. The van der Waals surface area contributed by atoms with Crippen LogP contribution in [0.25, 0.3) is 10.2 Å². The molecule has 2 aromatic rings. The first kappa shape index (κ1) is 14.3. The summed E-state index contributed by atoms with van der Waals surface area (Å²) in [4.78, 5) is 18.1. The Bertz CT molecular complexity index is 681. The van der Waals surface area contributed by atoms with Crippen LogP contribution < -0.4 is 11.1 Å². The number of hydrogen-bond donors (Lipinski definition) is 2. The van der Waals surface area contributed by atoms with Crippen LogP contribution in [-0.2, 0) is 4.74 Å². The molecule has 1 atom stereocenters. The first-order valence-electron chi connectivity index (χ1n) is 7.04. The Hall–Kier alpha value is -1.66. The number of aromatic nitrogens is 1. The number of anilines is 1. The molecule has 0 aromatic carbocycles. The fraction of sp³-hybridized carbons (Fsp3) is 0.467. The largest absolute Gasteiger partial charge is 0.397 e. The van der Waals surface area contributed by atoms with Gasteiger partial charge in [0.25, 0.3) is 5.91 Å². The second kappa shape index (κ2) is 5.27. The van der Waals surface area contributed by atoms with E-state index in [1.807, 2.05) is 26.0 Å². The molecule has 1 aliphatic rings. The number of nitrogens with zero attached hydrogens (tertiary/aromatic N) is 1. The highest BCUT2D eigenvalue weighted by atomic mass is 32.1. The number of hydrogen-bond acceptors (Lipinski definition) is 5. The van der Waals surface area contributed by atoms with Crippen molar-refractivity contribution in [3.05, 3.63) is 23.2 Å². The van der Waals surface area contributed by atoms with Crippen LogP contribution in [-0.4, -0.2) is 29.1 Å². The standard InChI is InChI=1S/C15H19N3O2S/c1-15(2)8-9(5-7-20-15)18-13(19)12-11(16)10-4-3-6-17-14(10)21-12/h3-4,6,9H,5,7-8,16H2,1-2H3,(H,18,19). The van der Waals surface area contributed by atoms with Crippen LogP contribution in [0.4, 0.5) is 5.69 Å². The molecule has 0 aliphatic carbocycles. The predicted octanol–water partition coefficient (Wildman–Crippen LogP) is 2.57. The van der Waals surface area contributed by atoms with Crippen LogP contribution in [0.2, 0.25) is 0 Å². The molecule has 1 unspecified atom stereocenters. The summed E-state index contributed by atoms with van der Waals surface area (Å²) in [6, 6.07) is 3.84. The number of carbonyl (C=O) groups excluding carboxylic acids is 1. The Morgan fingerprint density at radius 3 is 3.10 bits per heavy atom. The lowest BCUT2D eigenvalue weighted by Crippen LogP contribution is -2.45. The number of nitrogens with two attached hydrogens (primary N) is 1. The zero-order valence-corrected chi connectivity index (χ0v) is 13.0. The SMILES string of the molecule is CC1(C)CC(NC(=O)c2sc3ncccc3c2N)CCO1. The van der Waals surface area contributed by atoms with E-state index in [0.717, 1.165) is 23.1 Å². The van der Waals surface area contributed by atoms with Gasteiger partial charge in [0.05, 0.1) is 11.3 Å². The van der Waals surface area contributed by atoms with E-state index in [-0.39, 0.29) is 17.6 Å². The van der Waals surface area contributed by atoms with Gasteiger partial charge < -0.3 is 15.8 Å². The molecule has 3 rings (SSSR count). The van der Waals surface area contributed by atoms with Gasteiger partial charge in [0.15, 0.2) is 0 Å². The van der Waals surface area contributed by atoms with E-state index in [9.17, 15) is 4.79 Å². The zero-order chi connectivity index (χ0) is 15.0. The normalized spacial score (nSPS) is 21.3. The van der Waals surface area contributed by atoms with Crippen LogP contribution in [0.15, 0.2) is 18.3 Å². The third-order valence-electron chi connectivity index (χ3n) is 3.74.